The van der Waals surface area contributed by atoms with E-state index in [0.29, 0.717) is 13.0 Å². The highest BCUT2D eigenvalue weighted by molar-refractivity contribution is 5.94. The summed E-state index contributed by atoms with van der Waals surface area (Å²) >= 11 is 0. The number of aliphatic hydroxyl groups is 1. The van der Waals surface area contributed by atoms with Crippen LogP contribution in [-0.4, -0.2) is 40.7 Å². The van der Waals surface area contributed by atoms with E-state index in [1.807, 2.05) is 71.0 Å². The summed E-state index contributed by atoms with van der Waals surface area (Å²) in [4.78, 5) is 16.7. The minimum atomic E-state index is -0.670. The van der Waals surface area contributed by atoms with Crippen molar-refractivity contribution in [2.45, 2.75) is 65.5 Å². The summed E-state index contributed by atoms with van der Waals surface area (Å²) < 4.78 is 3.82. The minimum absolute atomic E-state index is 0.115. The van der Waals surface area contributed by atoms with Gasteiger partial charge in [0.15, 0.2) is 0 Å². The maximum atomic E-state index is 11.7. The van der Waals surface area contributed by atoms with Crippen molar-refractivity contribution in [3.05, 3.63) is 101 Å². The van der Waals surface area contributed by atoms with Crippen molar-refractivity contribution < 1.29 is 15.0 Å². The van der Waals surface area contributed by atoms with E-state index in [-0.39, 0.29) is 11.8 Å². The molecule has 0 amide bonds. The number of pyridine rings is 1. The van der Waals surface area contributed by atoms with Gasteiger partial charge in [0.2, 0.25) is 0 Å². The van der Waals surface area contributed by atoms with E-state index in [9.17, 15) is 15.0 Å². The van der Waals surface area contributed by atoms with Gasteiger partial charge in [-0.25, -0.2) is 4.68 Å². The van der Waals surface area contributed by atoms with Crippen LogP contribution in [-0.2, 0) is 11.3 Å². The van der Waals surface area contributed by atoms with E-state index < -0.39 is 17.5 Å². The molecule has 0 aliphatic heterocycles. The van der Waals surface area contributed by atoms with Crippen LogP contribution in [0.4, 0.5) is 0 Å². The number of rotatable bonds is 8. The van der Waals surface area contributed by atoms with Crippen LogP contribution in [0.2, 0.25) is 0 Å². The Kier molecular flexibility index (Phi) is 6.77. The van der Waals surface area contributed by atoms with Crippen LogP contribution in [0.5, 0.6) is 0 Å². The number of aliphatic hydroxyl groups excluding tert-OH is 1. The predicted octanol–water partition coefficient (Wildman–Crippen LogP) is 7.03. The average Bonchev–Trinajstić information content (AvgIpc) is 3.47. The third-order valence-electron chi connectivity index (χ3n) is 9.55. The summed E-state index contributed by atoms with van der Waals surface area (Å²) in [6.07, 6.45) is 5.62. The summed E-state index contributed by atoms with van der Waals surface area (Å²) in [5, 5.41) is 31.5. The number of carbonyl (C=O) groups is 1. The monoisotopic (exact) mass is 587 g/mol. The van der Waals surface area contributed by atoms with Crippen molar-refractivity contribution >= 4 is 22.4 Å². The Labute approximate surface area is 256 Å². The van der Waals surface area contributed by atoms with Crippen LogP contribution < -0.4 is 0 Å². The number of aliphatic carboxylic acids is 1. The van der Waals surface area contributed by atoms with E-state index in [0.717, 1.165) is 68.9 Å². The second-order valence-corrected chi connectivity index (χ2v) is 12.7. The summed E-state index contributed by atoms with van der Waals surface area (Å²) in [5.74, 6) is -0.323. The number of aryl methyl sites for hydroxylation is 1. The zero-order chi connectivity index (χ0) is 30.7. The Morgan fingerprint density at radius 1 is 1.05 bits per heavy atom. The van der Waals surface area contributed by atoms with E-state index in [1.54, 1.807) is 0 Å². The first-order chi connectivity index (χ1) is 21.2. The molecule has 3 atom stereocenters. The van der Waals surface area contributed by atoms with Crippen molar-refractivity contribution in [1.29, 1.82) is 0 Å². The molecule has 2 aliphatic rings. The van der Waals surface area contributed by atoms with Gasteiger partial charge in [-0.3, -0.25) is 14.5 Å². The van der Waals surface area contributed by atoms with Gasteiger partial charge in [-0.15, -0.1) is 0 Å². The third-order valence-corrected chi connectivity index (χ3v) is 9.55. The van der Waals surface area contributed by atoms with Gasteiger partial charge in [-0.1, -0.05) is 62.4 Å². The molecule has 8 nitrogen and oxygen atoms in total. The van der Waals surface area contributed by atoms with Crippen molar-refractivity contribution in [3.63, 3.8) is 0 Å². The smallest absolute Gasteiger partial charge is 0.310 e. The fourth-order valence-electron chi connectivity index (χ4n) is 7.03. The molecule has 1 fully saturated rings. The molecule has 2 N–H and O–H groups in total. The lowest BCUT2D eigenvalue weighted by Crippen LogP contribution is -2.19. The number of fused-ring (bicyclic) bond motifs is 2. The first kappa shape index (κ1) is 28.2. The summed E-state index contributed by atoms with van der Waals surface area (Å²) in [5.41, 5.74) is 9.20. The van der Waals surface area contributed by atoms with Crippen molar-refractivity contribution in [2.75, 3.05) is 0 Å². The summed E-state index contributed by atoms with van der Waals surface area (Å²) in [6.45, 7) is 8.86. The molecule has 0 saturated heterocycles. The molecule has 2 aliphatic carbocycles. The van der Waals surface area contributed by atoms with Gasteiger partial charge in [-0.2, -0.15) is 10.2 Å². The van der Waals surface area contributed by atoms with Crippen molar-refractivity contribution in [1.82, 2.24) is 24.5 Å². The Morgan fingerprint density at radius 3 is 2.55 bits per heavy atom. The first-order valence-electron chi connectivity index (χ1n) is 15.4. The zero-order valence-electron chi connectivity index (χ0n) is 25.5. The maximum absolute atomic E-state index is 11.7. The van der Waals surface area contributed by atoms with Crippen LogP contribution >= 0.6 is 0 Å². The normalized spacial score (nSPS) is 20.0. The van der Waals surface area contributed by atoms with Gasteiger partial charge >= 0.3 is 5.97 Å². The number of carboxylic acid groups (broad SMARTS) is 1. The number of hydrogen-bond donors (Lipinski definition) is 2. The highest BCUT2D eigenvalue weighted by Crippen LogP contribution is 2.61. The molecule has 5 aromatic rings. The fraction of sp³-hybridized carbons (Fsp3) is 0.333. The molecular weight excluding hydrogens is 550 g/mol. The molecule has 2 unspecified atom stereocenters. The second kappa shape index (κ2) is 10.6. The topological polar surface area (TPSA) is 106 Å². The molecule has 8 heteroatoms. The molecule has 0 spiro atoms. The van der Waals surface area contributed by atoms with Crippen LogP contribution in [0.1, 0.15) is 73.3 Å². The van der Waals surface area contributed by atoms with E-state index in [2.05, 4.69) is 39.0 Å². The molecule has 0 bridgehead atoms. The first-order valence-corrected chi connectivity index (χ1v) is 15.4. The van der Waals surface area contributed by atoms with E-state index in [4.69, 9.17) is 15.2 Å². The number of nitrogens with zero attached hydrogens (tertiary/aromatic N) is 5. The Bertz CT molecular complexity index is 1940. The molecule has 224 valence electrons. The third kappa shape index (κ3) is 4.65. The highest BCUT2D eigenvalue weighted by atomic mass is 16.4. The summed E-state index contributed by atoms with van der Waals surface area (Å²) in [7, 11) is 0. The molecule has 0 radical (unpaired) electrons. The SMILES string of the molecule is Cc1nc(C2=CC3CC3(C(=O)O)CC2)ccc1-n1nc(-c2cccc3nn(C[C@H](O)c4ccccc4)cc23)c(C(C)C)c1C. The molecule has 3 heterocycles. The second-order valence-electron chi connectivity index (χ2n) is 12.7. The van der Waals surface area contributed by atoms with Gasteiger partial charge in [0, 0.05) is 28.4 Å². The summed E-state index contributed by atoms with van der Waals surface area (Å²) in [6, 6.07) is 19.9. The van der Waals surface area contributed by atoms with Gasteiger partial charge < -0.3 is 10.2 Å². The Morgan fingerprint density at radius 2 is 1.84 bits per heavy atom. The number of benzene rings is 2. The standard InChI is InChI=1S/C36H37N5O3/c1-21(2)33-23(4)41(31-14-13-29(37-22(31)3)25-15-16-36(35(43)44)18-26(36)17-25)39-34(33)27-11-8-12-30-28(27)19-40(38-30)20-32(42)24-9-6-5-7-10-24/h5-14,17,19,21,26,32,42H,15-16,18,20H2,1-4H3,(H,43,44)/t26?,32-,36?/m0/s1. The van der Waals surface area contributed by atoms with Crippen molar-refractivity contribution in [3.8, 4) is 16.9 Å². The van der Waals surface area contributed by atoms with Crippen LogP contribution in [0.25, 0.3) is 33.4 Å². The van der Waals surface area contributed by atoms with Gasteiger partial charge in [0.1, 0.15) is 0 Å². The largest absolute Gasteiger partial charge is 0.481 e. The quantitative estimate of drug-likeness (QED) is 0.202. The fourth-order valence-corrected chi connectivity index (χ4v) is 7.03. The van der Waals surface area contributed by atoms with Crippen LogP contribution in [0.3, 0.4) is 0 Å². The lowest BCUT2D eigenvalue weighted by atomic mass is 9.87. The van der Waals surface area contributed by atoms with Crippen LogP contribution in [0, 0.1) is 25.2 Å². The van der Waals surface area contributed by atoms with E-state index >= 15 is 0 Å². The van der Waals surface area contributed by atoms with Gasteiger partial charge in [0.05, 0.1) is 46.3 Å². The van der Waals surface area contributed by atoms with Crippen molar-refractivity contribution in [2.24, 2.45) is 11.3 Å². The van der Waals surface area contributed by atoms with Gasteiger partial charge in [-0.05, 0) is 74.3 Å². The average molecular weight is 588 g/mol. The zero-order valence-corrected chi connectivity index (χ0v) is 25.5. The molecule has 44 heavy (non-hydrogen) atoms. The highest BCUT2D eigenvalue weighted by Gasteiger charge is 2.60. The lowest BCUT2D eigenvalue weighted by Gasteiger charge is -2.19. The molecule has 2 aromatic carbocycles. The van der Waals surface area contributed by atoms with Gasteiger partial charge in [0.25, 0.3) is 0 Å². The molecule has 1 saturated carbocycles. The molecule has 7 rings (SSSR count). The molecule has 3 aromatic heterocycles. The number of aromatic nitrogens is 5. The maximum Gasteiger partial charge on any atom is 0.310 e. The number of hydrogen-bond acceptors (Lipinski definition) is 5. The minimum Gasteiger partial charge on any atom is -0.481 e. The van der Waals surface area contributed by atoms with E-state index in [1.165, 1.54) is 5.56 Å². The molecular formula is C36H37N5O3. The van der Waals surface area contributed by atoms with Crippen LogP contribution in [0.15, 0.2) is 72.9 Å². The Hall–Kier alpha value is -4.56. The number of carboxylic acids is 1. The number of allylic oxidation sites excluding steroid dienone is 2. The Balaban J connectivity index is 1.24. The predicted molar refractivity (Wildman–Crippen MR) is 170 cm³/mol. The lowest BCUT2D eigenvalue weighted by molar-refractivity contribution is -0.144.